The van der Waals surface area contributed by atoms with Crippen LogP contribution < -0.4 is 9.46 Å². The van der Waals surface area contributed by atoms with Gasteiger partial charge in [0.05, 0.1) is 18.0 Å². The lowest BCUT2D eigenvalue weighted by molar-refractivity contribution is 0.112. The van der Waals surface area contributed by atoms with E-state index in [1.54, 1.807) is 12.1 Å². The third kappa shape index (κ3) is 3.45. The Balaban J connectivity index is 2.24. The summed E-state index contributed by atoms with van der Waals surface area (Å²) in [4.78, 5) is 10.9. The molecule has 0 saturated heterocycles. The fraction of sp³-hybridized carbons (Fsp3) is 0.364. The van der Waals surface area contributed by atoms with Gasteiger partial charge in [0.15, 0.2) is 6.29 Å². The van der Waals surface area contributed by atoms with Crippen molar-refractivity contribution in [3.8, 4) is 5.75 Å². The molecule has 1 fully saturated rings. The van der Waals surface area contributed by atoms with Crippen molar-refractivity contribution in [3.63, 3.8) is 0 Å². The molecule has 0 unspecified atom stereocenters. The van der Waals surface area contributed by atoms with Crippen LogP contribution in [0.15, 0.2) is 18.2 Å². The van der Waals surface area contributed by atoms with Gasteiger partial charge >= 0.3 is 0 Å². The van der Waals surface area contributed by atoms with E-state index in [0.717, 1.165) is 19.1 Å². The number of carbonyl (C=O) groups excluding carboxylic acids is 1. The third-order valence-corrected chi connectivity index (χ3v) is 2.86. The van der Waals surface area contributed by atoms with E-state index in [4.69, 9.17) is 4.74 Å². The molecule has 1 aromatic rings. The molecule has 0 heterocycles. The van der Waals surface area contributed by atoms with E-state index in [2.05, 4.69) is 4.72 Å². The predicted octanol–water partition coefficient (Wildman–Crippen LogP) is 1.41. The van der Waals surface area contributed by atoms with Gasteiger partial charge < -0.3 is 4.74 Å². The van der Waals surface area contributed by atoms with Crippen LogP contribution in [-0.2, 0) is 10.0 Å². The molecule has 2 rings (SSSR count). The Morgan fingerprint density at radius 2 is 2.12 bits per heavy atom. The lowest BCUT2D eigenvalue weighted by Gasteiger charge is -2.09. The SMILES string of the molecule is CS(=O)(=O)Nc1ccc(OC2CC2)cc1C=O. The number of nitrogens with one attached hydrogen (secondary N) is 1. The van der Waals surface area contributed by atoms with Crippen molar-refractivity contribution < 1.29 is 17.9 Å². The van der Waals surface area contributed by atoms with Crippen LogP contribution in [0.1, 0.15) is 23.2 Å². The summed E-state index contributed by atoms with van der Waals surface area (Å²) in [6.45, 7) is 0. The molecule has 1 N–H and O–H groups in total. The van der Waals surface area contributed by atoms with Gasteiger partial charge in [-0.15, -0.1) is 0 Å². The van der Waals surface area contributed by atoms with Gasteiger partial charge in [0.2, 0.25) is 10.0 Å². The lowest BCUT2D eigenvalue weighted by Crippen LogP contribution is -2.11. The summed E-state index contributed by atoms with van der Waals surface area (Å²) in [5, 5.41) is 0. The Labute approximate surface area is 99.8 Å². The first kappa shape index (κ1) is 11.9. The third-order valence-electron chi connectivity index (χ3n) is 2.27. The maximum atomic E-state index is 11.1. The van der Waals surface area contributed by atoms with Crippen LogP contribution in [0.25, 0.3) is 0 Å². The van der Waals surface area contributed by atoms with Gasteiger partial charge in [0.25, 0.3) is 0 Å². The Kier molecular flexibility index (Phi) is 3.06. The lowest BCUT2D eigenvalue weighted by atomic mass is 10.2. The number of rotatable bonds is 5. The Morgan fingerprint density at radius 1 is 1.41 bits per heavy atom. The summed E-state index contributed by atoms with van der Waals surface area (Å²) >= 11 is 0. The normalized spacial score (nSPS) is 15.4. The Bertz CT molecular complexity index is 534. The van der Waals surface area contributed by atoms with Gasteiger partial charge in [-0.25, -0.2) is 8.42 Å². The first-order valence-electron chi connectivity index (χ1n) is 5.21. The molecule has 0 spiro atoms. The highest BCUT2D eigenvalue weighted by atomic mass is 32.2. The smallest absolute Gasteiger partial charge is 0.229 e. The molecule has 1 aliphatic carbocycles. The number of hydrogen-bond donors (Lipinski definition) is 1. The van der Waals surface area contributed by atoms with E-state index in [0.29, 0.717) is 12.0 Å². The van der Waals surface area contributed by atoms with Crippen LogP contribution in [0.2, 0.25) is 0 Å². The summed E-state index contributed by atoms with van der Waals surface area (Å²) in [5.41, 5.74) is 0.541. The van der Waals surface area contributed by atoms with E-state index in [9.17, 15) is 13.2 Å². The van der Waals surface area contributed by atoms with Crippen LogP contribution in [0, 0.1) is 0 Å². The van der Waals surface area contributed by atoms with E-state index in [1.807, 2.05) is 0 Å². The predicted molar refractivity (Wildman–Crippen MR) is 63.9 cm³/mol. The molecule has 92 valence electrons. The second kappa shape index (κ2) is 4.37. The van der Waals surface area contributed by atoms with Gasteiger partial charge in [-0.05, 0) is 31.0 Å². The van der Waals surface area contributed by atoms with Crippen molar-refractivity contribution in [1.82, 2.24) is 0 Å². The first-order valence-corrected chi connectivity index (χ1v) is 7.11. The van der Waals surface area contributed by atoms with Crippen LogP contribution in [0.3, 0.4) is 0 Å². The molecule has 0 radical (unpaired) electrons. The average Bonchev–Trinajstić information content (AvgIpc) is 3.02. The molecule has 0 amide bonds. The number of sulfonamides is 1. The molecule has 5 nitrogen and oxygen atoms in total. The molecule has 0 bridgehead atoms. The van der Waals surface area contributed by atoms with E-state index < -0.39 is 10.0 Å². The summed E-state index contributed by atoms with van der Waals surface area (Å²) in [7, 11) is -3.38. The number of aldehydes is 1. The largest absolute Gasteiger partial charge is 0.490 e. The number of ether oxygens (including phenoxy) is 1. The minimum atomic E-state index is -3.38. The van der Waals surface area contributed by atoms with Crippen LogP contribution in [0.4, 0.5) is 5.69 Å². The van der Waals surface area contributed by atoms with Crippen molar-refractivity contribution in [3.05, 3.63) is 23.8 Å². The summed E-state index contributed by atoms with van der Waals surface area (Å²) in [5.74, 6) is 0.591. The maximum absolute atomic E-state index is 11.1. The number of carbonyl (C=O) groups is 1. The van der Waals surface area contributed by atoms with Gasteiger partial charge in [0.1, 0.15) is 5.75 Å². The first-order chi connectivity index (χ1) is 7.98. The van der Waals surface area contributed by atoms with E-state index in [-0.39, 0.29) is 17.4 Å². The van der Waals surface area contributed by atoms with Crippen molar-refractivity contribution in [1.29, 1.82) is 0 Å². The zero-order valence-corrected chi connectivity index (χ0v) is 10.2. The zero-order valence-electron chi connectivity index (χ0n) is 9.34. The van der Waals surface area contributed by atoms with Crippen molar-refractivity contribution in [2.45, 2.75) is 18.9 Å². The highest BCUT2D eigenvalue weighted by Gasteiger charge is 2.23. The second-order valence-corrected chi connectivity index (χ2v) is 5.81. The molecule has 6 heteroatoms. The molecule has 1 aromatic carbocycles. The highest BCUT2D eigenvalue weighted by Crippen LogP contribution is 2.29. The molecule has 0 atom stereocenters. The van der Waals surface area contributed by atoms with E-state index >= 15 is 0 Å². The zero-order chi connectivity index (χ0) is 12.5. The number of hydrogen-bond acceptors (Lipinski definition) is 4. The minimum Gasteiger partial charge on any atom is -0.490 e. The summed E-state index contributed by atoms with van der Waals surface area (Å²) < 4.78 is 30.0. The van der Waals surface area contributed by atoms with E-state index in [1.165, 1.54) is 6.07 Å². The van der Waals surface area contributed by atoms with Crippen LogP contribution in [0.5, 0.6) is 5.75 Å². The topological polar surface area (TPSA) is 72.5 Å². The Morgan fingerprint density at radius 3 is 2.65 bits per heavy atom. The van der Waals surface area contributed by atoms with Crippen LogP contribution in [-0.4, -0.2) is 27.1 Å². The van der Waals surface area contributed by atoms with Crippen molar-refractivity contribution >= 4 is 22.0 Å². The monoisotopic (exact) mass is 255 g/mol. The molecular weight excluding hydrogens is 242 g/mol. The molecule has 0 aliphatic heterocycles. The van der Waals surface area contributed by atoms with Crippen LogP contribution >= 0.6 is 0 Å². The van der Waals surface area contributed by atoms with Gasteiger partial charge in [-0.2, -0.15) is 0 Å². The second-order valence-electron chi connectivity index (χ2n) is 4.06. The summed E-state index contributed by atoms with van der Waals surface area (Å²) in [6.07, 6.45) is 3.94. The minimum absolute atomic E-state index is 0.239. The summed E-state index contributed by atoms with van der Waals surface area (Å²) in [6, 6.07) is 4.72. The van der Waals surface area contributed by atoms with Gasteiger partial charge in [-0.1, -0.05) is 0 Å². The molecule has 1 aliphatic rings. The number of benzene rings is 1. The highest BCUT2D eigenvalue weighted by molar-refractivity contribution is 7.92. The molecule has 0 aromatic heterocycles. The maximum Gasteiger partial charge on any atom is 0.229 e. The number of anilines is 1. The van der Waals surface area contributed by atoms with Gasteiger partial charge in [-0.3, -0.25) is 9.52 Å². The molecular formula is C11H13NO4S. The standard InChI is InChI=1S/C11H13NO4S/c1-17(14,15)12-11-5-4-10(6-8(11)7-13)16-9-2-3-9/h4-7,9,12H,2-3H2,1H3. The fourth-order valence-corrected chi connectivity index (χ4v) is 1.97. The fourth-order valence-electron chi connectivity index (χ4n) is 1.38. The quantitative estimate of drug-likeness (QED) is 0.807. The molecule has 1 saturated carbocycles. The Hall–Kier alpha value is -1.56. The van der Waals surface area contributed by atoms with Crippen molar-refractivity contribution in [2.75, 3.05) is 11.0 Å². The molecule has 17 heavy (non-hydrogen) atoms. The van der Waals surface area contributed by atoms with Gasteiger partial charge in [0, 0.05) is 5.56 Å². The van der Waals surface area contributed by atoms with Crippen molar-refractivity contribution in [2.24, 2.45) is 0 Å². The average molecular weight is 255 g/mol.